The number of ether oxygens (including phenoxy) is 2. The highest BCUT2D eigenvalue weighted by atomic mass is 16.7. The maximum Gasteiger partial charge on any atom is 0.303 e. The van der Waals surface area contributed by atoms with Crippen LogP contribution < -0.4 is 5.32 Å². The molecule has 5 rings (SSSR count). The first-order valence-electron chi connectivity index (χ1n) is 14.9. The number of carbonyl (C=O) groups is 2. The highest BCUT2D eigenvalue weighted by Gasteiger charge is 2.34. The summed E-state index contributed by atoms with van der Waals surface area (Å²) in [6.07, 6.45) is 0.895. The number of aliphatic hydroxyl groups excluding tert-OH is 2. The molecule has 2 saturated heterocycles. The molecule has 9 nitrogen and oxygen atoms in total. The molecule has 9 heteroatoms. The largest absolute Gasteiger partial charge is 0.481 e. The Kier molecular flexibility index (Phi) is 10.6. The van der Waals surface area contributed by atoms with Crippen molar-refractivity contribution in [3.05, 3.63) is 95.1 Å². The molecule has 228 valence electrons. The molecule has 2 heterocycles. The molecule has 1 amide bonds. The predicted molar refractivity (Wildman–Crippen MR) is 161 cm³/mol. The van der Waals surface area contributed by atoms with Gasteiger partial charge in [-0.25, -0.2) is 0 Å². The summed E-state index contributed by atoms with van der Waals surface area (Å²) in [7, 11) is 0. The first-order chi connectivity index (χ1) is 20.9. The molecule has 0 unspecified atom stereocenters. The van der Waals surface area contributed by atoms with E-state index in [1.54, 1.807) is 0 Å². The molecule has 3 aromatic carbocycles. The van der Waals surface area contributed by atoms with Gasteiger partial charge in [-0.1, -0.05) is 66.7 Å². The number of hydrogen-bond acceptors (Lipinski definition) is 7. The number of carboxylic acids is 1. The molecule has 2 fully saturated rings. The third-order valence-electron chi connectivity index (χ3n) is 8.05. The number of hydrogen-bond donors (Lipinski definition) is 4. The molecule has 3 aromatic rings. The van der Waals surface area contributed by atoms with E-state index in [4.69, 9.17) is 14.6 Å². The average Bonchev–Trinajstić information content (AvgIpc) is 3.44. The topological polar surface area (TPSA) is 129 Å². The van der Waals surface area contributed by atoms with Gasteiger partial charge in [0.2, 0.25) is 5.91 Å². The Labute approximate surface area is 252 Å². The van der Waals surface area contributed by atoms with E-state index in [2.05, 4.69) is 10.2 Å². The number of aliphatic carboxylic acids is 1. The van der Waals surface area contributed by atoms with Crippen LogP contribution >= 0.6 is 0 Å². The molecule has 43 heavy (non-hydrogen) atoms. The lowest BCUT2D eigenvalue weighted by Gasteiger charge is -2.37. The van der Waals surface area contributed by atoms with Crippen LogP contribution in [0.3, 0.4) is 0 Å². The third kappa shape index (κ3) is 8.72. The van der Waals surface area contributed by atoms with E-state index >= 15 is 0 Å². The Balaban J connectivity index is 1.25. The van der Waals surface area contributed by atoms with Crippen LogP contribution in [0.4, 0.5) is 0 Å². The van der Waals surface area contributed by atoms with Crippen LogP contribution in [-0.4, -0.2) is 63.9 Å². The highest BCUT2D eigenvalue weighted by molar-refractivity contribution is 5.76. The minimum absolute atomic E-state index is 0.00403. The summed E-state index contributed by atoms with van der Waals surface area (Å²) in [6.45, 7) is 2.60. The van der Waals surface area contributed by atoms with Crippen LogP contribution in [0.1, 0.15) is 66.8 Å². The lowest BCUT2D eigenvalue weighted by atomic mass is 9.99. The zero-order chi connectivity index (χ0) is 30.2. The minimum Gasteiger partial charge on any atom is -0.481 e. The number of carbonyl (C=O) groups excluding carboxylic acids is 1. The van der Waals surface area contributed by atoms with E-state index in [1.807, 2.05) is 72.8 Å². The van der Waals surface area contributed by atoms with Crippen molar-refractivity contribution in [1.29, 1.82) is 0 Å². The fraction of sp³-hybridized carbons (Fsp3) is 0.412. The summed E-state index contributed by atoms with van der Waals surface area (Å²) in [5.74, 6) is -1.06. The molecule has 0 radical (unpaired) electrons. The Morgan fingerprint density at radius 3 is 2.37 bits per heavy atom. The Hall–Kier alpha value is -3.60. The van der Waals surface area contributed by atoms with Gasteiger partial charge in [-0.15, -0.1) is 0 Å². The molecule has 0 aliphatic carbocycles. The number of nitrogens with one attached hydrogen (secondary N) is 1. The summed E-state index contributed by atoms with van der Waals surface area (Å²) < 4.78 is 13.0. The lowest BCUT2D eigenvalue weighted by Crippen LogP contribution is -2.38. The number of carboxylic acid groups (broad SMARTS) is 1. The Morgan fingerprint density at radius 2 is 1.67 bits per heavy atom. The molecule has 0 bridgehead atoms. The molecule has 0 spiro atoms. The quantitative estimate of drug-likeness (QED) is 0.246. The zero-order valence-electron chi connectivity index (χ0n) is 24.2. The second kappa shape index (κ2) is 14.7. The number of nitrogens with zero attached hydrogens (tertiary/aromatic N) is 1. The predicted octanol–water partition coefficient (Wildman–Crippen LogP) is 4.33. The van der Waals surface area contributed by atoms with Gasteiger partial charge in [0.1, 0.15) is 0 Å². The van der Waals surface area contributed by atoms with Crippen LogP contribution in [0.25, 0.3) is 11.1 Å². The Morgan fingerprint density at radius 1 is 0.907 bits per heavy atom. The van der Waals surface area contributed by atoms with Crippen molar-refractivity contribution in [3.8, 4) is 11.1 Å². The van der Waals surface area contributed by atoms with Crippen LogP contribution in [0.15, 0.2) is 72.8 Å². The van der Waals surface area contributed by atoms with Crippen molar-refractivity contribution in [2.75, 3.05) is 19.6 Å². The number of aliphatic hydroxyl groups is 2. The van der Waals surface area contributed by atoms with E-state index < -0.39 is 12.3 Å². The van der Waals surface area contributed by atoms with Crippen LogP contribution in [0.5, 0.6) is 0 Å². The van der Waals surface area contributed by atoms with Crippen molar-refractivity contribution >= 4 is 11.9 Å². The zero-order valence-corrected chi connectivity index (χ0v) is 24.2. The van der Waals surface area contributed by atoms with Crippen LogP contribution in [-0.2, 0) is 32.2 Å². The van der Waals surface area contributed by atoms with Crippen molar-refractivity contribution in [2.24, 2.45) is 0 Å². The molecule has 0 saturated carbocycles. The molecular formula is C34H40N2O7. The standard InChI is InChI=1S/C34H40N2O7/c37-22-23-7-9-26(10-8-23)31-18-30(21-36-16-15-29(38)20-36)42-34(43-31)27-13-11-25(12-14-27)28-4-1-3-24(17-28)19-35-32(39)5-2-6-33(40)41/h1,3-4,7-14,17,29-31,34,37-38H,2,5-6,15-16,18-22H2,(H,35,39)(H,40,41)/t29-,30-,31+,34+/m0/s1. The average molecular weight is 589 g/mol. The fourth-order valence-electron chi connectivity index (χ4n) is 5.68. The first-order valence-corrected chi connectivity index (χ1v) is 14.9. The van der Waals surface area contributed by atoms with Crippen molar-refractivity contribution < 1.29 is 34.4 Å². The third-order valence-corrected chi connectivity index (χ3v) is 8.05. The van der Waals surface area contributed by atoms with Gasteiger partial charge in [0.05, 0.1) is 24.9 Å². The molecule has 2 aliphatic heterocycles. The molecule has 2 aliphatic rings. The van der Waals surface area contributed by atoms with Gasteiger partial charge in [-0.05, 0) is 46.7 Å². The van der Waals surface area contributed by atoms with Crippen molar-refractivity contribution in [1.82, 2.24) is 10.2 Å². The van der Waals surface area contributed by atoms with E-state index in [-0.39, 0.29) is 43.7 Å². The second-order valence-corrected chi connectivity index (χ2v) is 11.4. The van der Waals surface area contributed by atoms with Gasteiger partial charge < -0.3 is 30.1 Å². The first kappa shape index (κ1) is 30.8. The summed E-state index contributed by atoms with van der Waals surface area (Å²) in [5.41, 5.74) is 5.80. The number of β-amino-alcohol motifs (C(OH)–C–C–N with tert-alkyl or cyclic N) is 1. The highest BCUT2D eigenvalue weighted by Crippen LogP contribution is 2.39. The smallest absolute Gasteiger partial charge is 0.303 e. The van der Waals surface area contributed by atoms with Crippen LogP contribution in [0.2, 0.25) is 0 Å². The number of benzene rings is 3. The SMILES string of the molecule is O=C(O)CCCC(=O)NCc1cccc(-c2ccc([C@@H]3O[C@H](CN4CC[C@H](O)C4)C[C@H](c4ccc(CO)cc4)O3)cc2)c1. The van der Waals surface area contributed by atoms with Gasteiger partial charge >= 0.3 is 5.97 Å². The van der Waals surface area contributed by atoms with Crippen molar-refractivity contribution in [2.45, 2.75) is 69.9 Å². The van der Waals surface area contributed by atoms with Gasteiger partial charge in [-0.2, -0.15) is 0 Å². The summed E-state index contributed by atoms with van der Waals surface area (Å²) in [6, 6.07) is 23.9. The normalized spacial score (nSPS) is 22.4. The second-order valence-electron chi connectivity index (χ2n) is 11.4. The molecule has 4 atom stereocenters. The minimum atomic E-state index is -0.899. The molecule has 0 aromatic heterocycles. The maximum atomic E-state index is 12.1. The van der Waals surface area contributed by atoms with Gasteiger partial charge in [-0.3, -0.25) is 14.5 Å². The summed E-state index contributed by atoms with van der Waals surface area (Å²) in [5, 5.41) is 31.1. The van der Waals surface area contributed by atoms with E-state index in [9.17, 15) is 19.8 Å². The number of rotatable bonds is 12. The van der Waals surface area contributed by atoms with Gasteiger partial charge in [0.15, 0.2) is 6.29 Å². The van der Waals surface area contributed by atoms with E-state index in [1.165, 1.54) is 0 Å². The van der Waals surface area contributed by atoms with Gasteiger partial charge in [0, 0.05) is 51.0 Å². The summed E-state index contributed by atoms with van der Waals surface area (Å²) >= 11 is 0. The number of amides is 1. The Bertz CT molecular complexity index is 1360. The van der Waals surface area contributed by atoms with E-state index in [0.29, 0.717) is 25.9 Å². The number of likely N-dealkylation sites (tertiary alicyclic amines) is 1. The van der Waals surface area contributed by atoms with Crippen LogP contribution in [0, 0.1) is 0 Å². The fourth-order valence-corrected chi connectivity index (χ4v) is 5.68. The molecular weight excluding hydrogens is 548 g/mol. The van der Waals surface area contributed by atoms with Crippen molar-refractivity contribution in [3.63, 3.8) is 0 Å². The maximum absolute atomic E-state index is 12.1. The monoisotopic (exact) mass is 588 g/mol. The summed E-state index contributed by atoms with van der Waals surface area (Å²) in [4.78, 5) is 25.0. The van der Waals surface area contributed by atoms with E-state index in [0.717, 1.165) is 52.9 Å². The lowest BCUT2D eigenvalue weighted by molar-refractivity contribution is -0.252. The van der Waals surface area contributed by atoms with Gasteiger partial charge in [0.25, 0.3) is 0 Å². The molecule has 4 N–H and O–H groups in total.